The largest absolute Gasteiger partial charge is 0.382 e. The minimum atomic E-state index is -0.281. The van der Waals surface area contributed by atoms with E-state index >= 15 is 0 Å². The summed E-state index contributed by atoms with van der Waals surface area (Å²) in [4.78, 5) is 0. The third kappa shape index (κ3) is 6.83. The molecular weight excluding hydrogens is 597 g/mol. The van der Waals surface area contributed by atoms with E-state index in [0.717, 1.165) is 78.9 Å². The Morgan fingerprint density at radius 3 is 1.58 bits per heavy atom. The predicted octanol–water partition coefficient (Wildman–Crippen LogP) is 11.9. The smallest absolute Gasteiger partial charge is 0.123 e. The van der Waals surface area contributed by atoms with Crippen molar-refractivity contribution < 1.29 is 4.39 Å². The summed E-state index contributed by atoms with van der Waals surface area (Å²) in [5.74, 6) is -0.281. The molecular formula is C40H38FN7. The van der Waals surface area contributed by atoms with Crippen LogP contribution in [-0.2, 0) is 0 Å². The maximum absolute atomic E-state index is 13.3. The maximum atomic E-state index is 13.3. The molecule has 8 heteroatoms. The number of fused-ring (bicyclic) bond motifs is 2. The molecule has 240 valence electrons. The highest BCUT2D eigenvalue weighted by Gasteiger charge is 2.12. The van der Waals surface area contributed by atoms with Gasteiger partial charge in [0.15, 0.2) is 0 Å². The molecule has 0 bridgehead atoms. The first-order valence-corrected chi connectivity index (χ1v) is 15.9. The van der Waals surface area contributed by atoms with Crippen LogP contribution < -0.4 is 27.0 Å². The fraction of sp³-hybridized carbons (Fsp3) is 0.100. The SMILES string of the molecule is C=Cc1c(NNc2ccc(N=Nc3ccc(NNc4ccc(F)cc4)c4ccccc34)c3ccccc23)ccc(NC(C)CC)c1C=C. The fourth-order valence-electron chi connectivity index (χ4n) is 5.55. The third-order valence-electron chi connectivity index (χ3n) is 8.29. The Bertz CT molecular complexity index is 2120. The minimum Gasteiger partial charge on any atom is -0.382 e. The molecule has 0 aliphatic carbocycles. The topological polar surface area (TPSA) is 84.9 Å². The first-order chi connectivity index (χ1) is 23.5. The van der Waals surface area contributed by atoms with Crippen LogP contribution >= 0.6 is 0 Å². The van der Waals surface area contributed by atoms with E-state index in [1.807, 2.05) is 84.9 Å². The van der Waals surface area contributed by atoms with Crippen molar-refractivity contribution in [1.29, 1.82) is 0 Å². The normalized spacial score (nSPS) is 11.7. The lowest BCUT2D eigenvalue weighted by molar-refractivity contribution is 0.628. The van der Waals surface area contributed by atoms with Gasteiger partial charge in [-0.25, -0.2) is 4.39 Å². The van der Waals surface area contributed by atoms with E-state index < -0.39 is 0 Å². The maximum Gasteiger partial charge on any atom is 0.123 e. The van der Waals surface area contributed by atoms with Gasteiger partial charge in [-0.1, -0.05) is 80.8 Å². The Morgan fingerprint density at radius 1 is 0.583 bits per heavy atom. The summed E-state index contributed by atoms with van der Waals surface area (Å²) >= 11 is 0. The van der Waals surface area contributed by atoms with Gasteiger partial charge in [0.05, 0.1) is 34.1 Å². The van der Waals surface area contributed by atoms with E-state index in [2.05, 4.69) is 66.2 Å². The molecule has 0 saturated carbocycles. The molecule has 48 heavy (non-hydrogen) atoms. The molecule has 6 aromatic carbocycles. The number of benzene rings is 6. The second-order valence-electron chi connectivity index (χ2n) is 11.4. The van der Waals surface area contributed by atoms with Gasteiger partial charge < -0.3 is 27.0 Å². The number of rotatable bonds is 13. The lowest BCUT2D eigenvalue weighted by Crippen LogP contribution is -2.15. The molecule has 5 N–H and O–H groups in total. The van der Waals surface area contributed by atoms with Crippen molar-refractivity contribution in [2.45, 2.75) is 26.3 Å². The number of hydrogen-bond donors (Lipinski definition) is 5. The van der Waals surface area contributed by atoms with Crippen LogP contribution in [0.25, 0.3) is 33.7 Å². The fourth-order valence-corrected chi connectivity index (χ4v) is 5.55. The molecule has 0 aliphatic rings. The Kier molecular flexibility index (Phi) is 9.62. The summed E-state index contributed by atoms with van der Waals surface area (Å²) in [5.41, 5.74) is 21.0. The zero-order chi connectivity index (χ0) is 33.5. The van der Waals surface area contributed by atoms with Gasteiger partial charge in [0.2, 0.25) is 0 Å². The summed E-state index contributed by atoms with van der Waals surface area (Å²) in [7, 11) is 0. The Labute approximate surface area is 280 Å². The average Bonchev–Trinajstić information content (AvgIpc) is 3.13. The predicted molar refractivity (Wildman–Crippen MR) is 203 cm³/mol. The summed E-state index contributed by atoms with van der Waals surface area (Å²) in [6.45, 7) is 12.4. The van der Waals surface area contributed by atoms with Gasteiger partial charge in [-0.15, -0.1) is 10.2 Å². The molecule has 0 heterocycles. The second kappa shape index (κ2) is 14.5. The van der Waals surface area contributed by atoms with E-state index in [4.69, 9.17) is 10.2 Å². The zero-order valence-corrected chi connectivity index (χ0v) is 27.0. The molecule has 0 aliphatic heterocycles. The van der Waals surface area contributed by atoms with Crippen LogP contribution in [0, 0.1) is 5.82 Å². The molecule has 0 saturated heterocycles. The molecule has 0 fully saturated rings. The van der Waals surface area contributed by atoms with Crippen molar-refractivity contribution in [2.24, 2.45) is 10.2 Å². The van der Waals surface area contributed by atoms with Gasteiger partial charge in [-0.2, -0.15) is 0 Å². The van der Waals surface area contributed by atoms with E-state index in [1.54, 1.807) is 12.1 Å². The average molecular weight is 636 g/mol. The summed E-state index contributed by atoms with van der Waals surface area (Å²) in [6, 6.07) is 34.6. The van der Waals surface area contributed by atoms with Gasteiger partial charge in [-0.05, 0) is 74.0 Å². The van der Waals surface area contributed by atoms with Crippen LogP contribution in [0.15, 0.2) is 133 Å². The van der Waals surface area contributed by atoms with Crippen LogP contribution in [0.3, 0.4) is 0 Å². The summed E-state index contributed by atoms with van der Waals surface area (Å²) in [5, 5.41) is 16.8. The molecule has 6 aromatic rings. The number of hydrogen-bond acceptors (Lipinski definition) is 7. The van der Waals surface area contributed by atoms with Crippen molar-refractivity contribution in [3.8, 4) is 0 Å². The summed E-state index contributed by atoms with van der Waals surface area (Å²) < 4.78 is 13.3. The number of nitrogens with zero attached hydrogens (tertiary/aromatic N) is 2. The Balaban J connectivity index is 1.25. The van der Waals surface area contributed by atoms with Gasteiger partial charge in [0.25, 0.3) is 0 Å². The van der Waals surface area contributed by atoms with E-state index in [-0.39, 0.29) is 5.82 Å². The zero-order valence-electron chi connectivity index (χ0n) is 27.0. The van der Waals surface area contributed by atoms with Crippen LogP contribution in [0.5, 0.6) is 0 Å². The molecule has 0 radical (unpaired) electrons. The van der Waals surface area contributed by atoms with Gasteiger partial charge in [-0.3, -0.25) is 0 Å². The van der Waals surface area contributed by atoms with Crippen LogP contribution in [0.4, 0.5) is 44.2 Å². The molecule has 0 aromatic heterocycles. The van der Waals surface area contributed by atoms with Crippen molar-refractivity contribution in [3.63, 3.8) is 0 Å². The summed E-state index contributed by atoms with van der Waals surface area (Å²) in [6.07, 6.45) is 4.72. The highest BCUT2D eigenvalue weighted by Crippen LogP contribution is 2.37. The van der Waals surface area contributed by atoms with Crippen molar-refractivity contribution >= 4 is 73.5 Å². The Hall–Kier alpha value is -6.15. The molecule has 0 amide bonds. The molecule has 7 nitrogen and oxygen atoms in total. The number of halogens is 1. The molecule has 6 rings (SSSR count). The van der Waals surface area contributed by atoms with Crippen molar-refractivity contribution in [3.05, 3.63) is 139 Å². The number of hydrazine groups is 2. The van der Waals surface area contributed by atoms with E-state index in [1.165, 1.54) is 12.1 Å². The molecule has 0 spiro atoms. The van der Waals surface area contributed by atoms with Crippen LogP contribution in [-0.4, -0.2) is 6.04 Å². The standard InChI is InChI=1S/C40H38FN7/c1-5-26(4)42-35-20-21-36(30(7-3)29(35)6-2)45-46-38-24-25-40(34-15-11-10-14-33(34)38)48-47-39-23-22-37(31-12-8-9-13-32(31)39)44-43-28-18-16-27(41)17-19-28/h6-26,42-46H,2-3,5H2,1,4H3. The highest BCUT2D eigenvalue weighted by atomic mass is 19.1. The molecule has 1 atom stereocenters. The first kappa shape index (κ1) is 31.8. The lowest BCUT2D eigenvalue weighted by Gasteiger charge is -2.20. The lowest BCUT2D eigenvalue weighted by atomic mass is 10.0. The first-order valence-electron chi connectivity index (χ1n) is 15.9. The van der Waals surface area contributed by atoms with Crippen LogP contribution in [0.1, 0.15) is 31.4 Å². The Morgan fingerprint density at radius 2 is 1.04 bits per heavy atom. The van der Waals surface area contributed by atoms with Crippen LogP contribution in [0.2, 0.25) is 0 Å². The van der Waals surface area contributed by atoms with Crippen molar-refractivity contribution in [1.82, 2.24) is 0 Å². The number of anilines is 5. The monoisotopic (exact) mass is 635 g/mol. The number of azo groups is 1. The van der Waals surface area contributed by atoms with Gasteiger partial charge in [0, 0.05) is 44.4 Å². The van der Waals surface area contributed by atoms with Crippen molar-refractivity contribution in [2.75, 3.05) is 27.0 Å². The quantitative estimate of drug-likeness (QED) is 0.0644. The highest BCUT2D eigenvalue weighted by molar-refractivity contribution is 6.02. The van der Waals surface area contributed by atoms with Gasteiger partial charge >= 0.3 is 0 Å². The van der Waals surface area contributed by atoms with E-state index in [9.17, 15) is 4.39 Å². The van der Waals surface area contributed by atoms with Gasteiger partial charge in [0.1, 0.15) is 5.82 Å². The number of nitrogens with one attached hydrogen (secondary N) is 5. The third-order valence-corrected chi connectivity index (χ3v) is 8.29. The minimum absolute atomic E-state index is 0.281. The second-order valence-corrected chi connectivity index (χ2v) is 11.4. The molecule has 1 unspecified atom stereocenters. The van der Waals surface area contributed by atoms with E-state index in [0.29, 0.717) is 6.04 Å².